The van der Waals surface area contributed by atoms with E-state index in [0.717, 1.165) is 18.7 Å². The SMILES string of the molecule is COC(=O)C1CCN(c2ccc(C#N)nc2)C1. The number of anilines is 1. The van der Waals surface area contributed by atoms with Crippen molar-refractivity contribution in [1.82, 2.24) is 4.98 Å². The number of carbonyl (C=O) groups excluding carboxylic acids is 1. The van der Waals surface area contributed by atoms with Crippen LogP contribution in [0.1, 0.15) is 12.1 Å². The first kappa shape index (κ1) is 11.4. The Kier molecular flexibility index (Phi) is 3.24. The zero-order valence-corrected chi connectivity index (χ0v) is 9.59. The Hall–Kier alpha value is -2.09. The zero-order valence-electron chi connectivity index (χ0n) is 9.59. The van der Waals surface area contributed by atoms with Crippen LogP contribution in [0.4, 0.5) is 5.69 Å². The summed E-state index contributed by atoms with van der Waals surface area (Å²) in [5.41, 5.74) is 1.34. The normalized spacial score (nSPS) is 18.8. The minimum absolute atomic E-state index is 0.0596. The van der Waals surface area contributed by atoms with Gasteiger partial charge in [-0.1, -0.05) is 0 Å². The number of rotatable bonds is 2. The molecule has 5 nitrogen and oxygen atoms in total. The summed E-state index contributed by atoms with van der Waals surface area (Å²) in [5, 5.41) is 8.65. The number of esters is 1. The molecule has 1 saturated heterocycles. The number of carbonyl (C=O) groups is 1. The second-order valence-corrected chi connectivity index (χ2v) is 3.97. The predicted octanol–water partition coefficient (Wildman–Crippen LogP) is 0.953. The highest BCUT2D eigenvalue weighted by Gasteiger charge is 2.29. The van der Waals surface area contributed by atoms with Gasteiger partial charge in [0.15, 0.2) is 0 Å². The lowest BCUT2D eigenvalue weighted by atomic mass is 10.1. The Balaban J connectivity index is 2.05. The van der Waals surface area contributed by atoms with Crippen molar-refractivity contribution in [2.45, 2.75) is 6.42 Å². The molecule has 0 radical (unpaired) electrons. The smallest absolute Gasteiger partial charge is 0.310 e. The Morgan fingerprint density at radius 2 is 2.47 bits per heavy atom. The van der Waals surface area contributed by atoms with Crippen molar-refractivity contribution in [2.24, 2.45) is 5.92 Å². The Labute approximate surface area is 99.6 Å². The van der Waals surface area contributed by atoms with Crippen molar-refractivity contribution in [3.05, 3.63) is 24.0 Å². The van der Waals surface area contributed by atoms with Crippen molar-refractivity contribution in [2.75, 3.05) is 25.1 Å². The summed E-state index contributed by atoms with van der Waals surface area (Å²) in [4.78, 5) is 17.5. The fraction of sp³-hybridized carbons (Fsp3) is 0.417. The molecule has 2 heterocycles. The predicted molar refractivity (Wildman–Crippen MR) is 61.3 cm³/mol. The van der Waals surface area contributed by atoms with Crippen molar-refractivity contribution >= 4 is 11.7 Å². The van der Waals surface area contributed by atoms with Gasteiger partial charge in [-0.15, -0.1) is 0 Å². The van der Waals surface area contributed by atoms with Crippen LogP contribution in [0.15, 0.2) is 18.3 Å². The van der Waals surface area contributed by atoms with Crippen LogP contribution in [0.5, 0.6) is 0 Å². The van der Waals surface area contributed by atoms with Crippen LogP contribution in [-0.2, 0) is 9.53 Å². The molecule has 1 unspecified atom stereocenters. The monoisotopic (exact) mass is 231 g/mol. The van der Waals surface area contributed by atoms with Crippen LogP contribution in [-0.4, -0.2) is 31.2 Å². The van der Waals surface area contributed by atoms with Crippen molar-refractivity contribution < 1.29 is 9.53 Å². The fourth-order valence-corrected chi connectivity index (χ4v) is 1.99. The van der Waals surface area contributed by atoms with E-state index in [1.807, 2.05) is 12.1 Å². The maximum absolute atomic E-state index is 11.4. The van der Waals surface area contributed by atoms with Gasteiger partial charge in [0.2, 0.25) is 0 Å². The first-order valence-electron chi connectivity index (χ1n) is 5.43. The van der Waals surface area contributed by atoms with Gasteiger partial charge in [-0.05, 0) is 18.6 Å². The van der Waals surface area contributed by atoms with Gasteiger partial charge < -0.3 is 9.64 Å². The molecule has 1 aromatic rings. The number of pyridine rings is 1. The molecule has 2 rings (SSSR count). The highest BCUT2D eigenvalue weighted by atomic mass is 16.5. The summed E-state index contributed by atoms with van der Waals surface area (Å²) in [6, 6.07) is 5.51. The van der Waals surface area contributed by atoms with Gasteiger partial charge in [0.1, 0.15) is 11.8 Å². The molecule has 1 aliphatic rings. The van der Waals surface area contributed by atoms with Gasteiger partial charge in [-0.25, -0.2) is 4.98 Å². The Morgan fingerprint density at radius 3 is 3.06 bits per heavy atom. The van der Waals surface area contributed by atoms with Crippen molar-refractivity contribution in [3.8, 4) is 6.07 Å². The van der Waals surface area contributed by atoms with Gasteiger partial charge in [0.25, 0.3) is 0 Å². The van der Waals surface area contributed by atoms with E-state index >= 15 is 0 Å². The molecule has 1 aliphatic heterocycles. The van der Waals surface area contributed by atoms with Crippen LogP contribution >= 0.6 is 0 Å². The third-order valence-corrected chi connectivity index (χ3v) is 2.95. The van der Waals surface area contributed by atoms with E-state index < -0.39 is 0 Å². The van der Waals surface area contributed by atoms with Gasteiger partial charge in [-0.3, -0.25) is 4.79 Å². The number of hydrogen-bond acceptors (Lipinski definition) is 5. The maximum atomic E-state index is 11.4. The summed E-state index contributed by atoms with van der Waals surface area (Å²) < 4.78 is 4.73. The summed E-state index contributed by atoms with van der Waals surface area (Å²) in [7, 11) is 1.41. The van der Waals surface area contributed by atoms with Crippen LogP contribution < -0.4 is 4.90 Å². The standard InChI is InChI=1S/C12H13N3O2/c1-17-12(16)9-4-5-15(8-9)11-3-2-10(6-13)14-7-11/h2-3,7,9H,4-5,8H2,1H3. The average Bonchev–Trinajstić information content (AvgIpc) is 2.87. The number of nitrogens with zero attached hydrogens (tertiary/aromatic N) is 3. The van der Waals surface area contributed by atoms with Gasteiger partial charge in [-0.2, -0.15) is 5.26 Å². The first-order valence-corrected chi connectivity index (χ1v) is 5.43. The summed E-state index contributed by atoms with van der Waals surface area (Å²) in [6.07, 6.45) is 2.46. The van der Waals surface area contributed by atoms with Gasteiger partial charge in [0.05, 0.1) is 24.9 Å². The topological polar surface area (TPSA) is 66.2 Å². The first-order chi connectivity index (χ1) is 8.24. The second-order valence-electron chi connectivity index (χ2n) is 3.97. The average molecular weight is 231 g/mol. The van der Waals surface area contributed by atoms with E-state index in [2.05, 4.69) is 9.88 Å². The summed E-state index contributed by atoms with van der Waals surface area (Å²) >= 11 is 0. The molecule has 0 saturated carbocycles. The molecule has 0 amide bonds. The lowest BCUT2D eigenvalue weighted by Crippen LogP contribution is -2.23. The highest BCUT2D eigenvalue weighted by molar-refractivity contribution is 5.74. The van der Waals surface area contributed by atoms with Crippen LogP contribution in [0.2, 0.25) is 0 Å². The molecular weight excluding hydrogens is 218 g/mol. The molecule has 0 spiro atoms. The molecule has 0 bridgehead atoms. The number of methoxy groups -OCH3 is 1. The Morgan fingerprint density at radius 1 is 1.65 bits per heavy atom. The van der Waals surface area contributed by atoms with E-state index in [1.165, 1.54) is 7.11 Å². The lowest BCUT2D eigenvalue weighted by Gasteiger charge is -2.17. The summed E-state index contributed by atoms with van der Waals surface area (Å²) in [6.45, 7) is 1.47. The molecule has 0 N–H and O–H groups in total. The van der Waals surface area contributed by atoms with Crippen LogP contribution in [0.25, 0.3) is 0 Å². The molecular formula is C12H13N3O2. The number of hydrogen-bond donors (Lipinski definition) is 0. The van der Waals surface area contributed by atoms with E-state index in [0.29, 0.717) is 12.2 Å². The van der Waals surface area contributed by atoms with Crippen LogP contribution in [0.3, 0.4) is 0 Å². The van der Waals surface area contributed by atoms with Crippen molar-refractivity contribution in [1.29, 1.82) is 5.26 Å². The zero-order chi connectivity index (χ0) is 12.3. The number of ether oxygens (including phenoxy) is 1. The molecule has 17 heavy (non-hydrogen) atoms. The Bertz CT molecular complexity index is 450. The largest absolute Gasteiger partial charge is 0.469 e. The molecule has 0 aromatic carbocycles. The van der Waals surface area contributed by atoms with E-state index in [4.69, 9.17) is 10.00 Å². The molecule has 1 atom stereocenters. The van der Waals surface area contributed by atoms with Gasteiger partial charge >= 0.3 is 5.97 Å². The van der Waals surface area contributed by atoms with E-state index in [9.17, 15) is 4.79 Å². The lowest BCUT2D eigenvalue weighted by molar-refractivity contribution is -0.144. The van der Waals surface area contributed by atoms with E-state index in [-0.39, 0.29) is 11.9 Å². The number of nitriles is 1. The maximum Gasteiger partial charge on any atom is 0.310 e. The quantitative estimate of drug-likeness (QED) is 0.709. The molecule has 88 valence electrons. The minimum atomic E-state index is -0.158. The van der Waals surface area contributed by atoms with Gasteiger partial charge in [0, 0.05) is 13.1 Å². The molecule has 0 aliphatic carbocycles. The third-order valence-electron chi connectivity index (χ3n) is 2.95. The molecule has 1 aromatic heterocycles. The fourth-order valence-electron chi connectivity index (χ4n) is 1.99. The molecule has 1 fully saturated rings. The van der Waals surface area contributed by atoms with Crippen LogP contribution in [0, 0.1) is 17.2 Å². The third kappa shape index (κ3) is 2.36. The number of aromatic nitrogens is 1. The molecule has 5 heteroatoms. The summed E-state index contributed by atoms with van der Waals surface area (Å²) in [5.74, 6) is -0.218. The highest BCUT2D eigenvalue weighted by Crippen LogP contribution is 2.23. The second kappa shape index (κ2) is 4.83. The van der Waals surface area contributed by atoms with E-state index in [1.54, 1.807) is 12.3 Å². The van der Waals surface area contributed by atoms with Crippen molar-refractivity contribution in [3.63, 3.8) is 0 Å². The minimum Gasteiger partial charge on any atom is -0.469 e.